The molecule has 0 aliphatic carbocycles. The number of carbonyl (C=O) groups is 1. The second-order valence-corrected chi connectivity index (χ2v) is 10.1. The van der Waals surface area contributed by atoms with Gasteiger partial charge in [-0.2, -0.15) is 4.31 Å². The fourth-order valence-corrected chi connectivity index (χ4v) is 5.67. The SMILES string of the molecule is O=C(CCCCCC1CCN(S(=O)(=O)c2cccnc2)CC1)c1cc2cnccc2[nH]1. The number of carbonyl (C=O) groups excluding carboxylic acids is 1. The summed E-state index contributed by atoms with van der Waals surface area (Å²) in [5, 5.41) is 0.961. The van der Waals surface area contributed by atoms with E-state index < -0.39 is 10.0 Å². The molecule has 1 fully saturated rings. The first-order valence-electron chi connectivity index (χ1n) is 10.9. The van der Waals surface area contributed by atoms with E-state index in [4.69, 9.17) is 0 Å². The Balaban J connectivity index is 1.16. The summed E-state index contributed by atoms with van der Waals surface area (Å²) >= 11 is 0. The van der Waals surface area contributed by atoms with Crippen molar-refractivity contribution in [3.8, 4) is 0 Å². The third-order valence-electron chi connectivity index (χ3n) is 6.08. The number of unbranched alkanes of at least 4 members (excludes halogenated alkanes) is 2. The van der Waals surface area contributed by atoms with Gasteiger partial charge < -0.3 is 4.98 Å². The summed E-state index contributed by atoms with van der Waals surface area (Å²) in [6, 6.07) is 7.00. The van der Waals surface area contributed by atoms with E-state index in [1.165, 1.54) is 6.20 Å². The zero-order chi connectivity index (χ0) is 21.7. The minimum atomic E-state index is -3.43. The number of hydrogen-bond donors (Lipinski definition) is 1. The second kappa shape index (κ2) is 9.70. The largest absolute Gasteiger partial charge is 0.352 e. The van der Waals surface area contributed by atoms with Gasteiger partial charge in [-0.3, -0.25) is 14.8 Å². The summed E-state index contributed by atoms with van der Waals surface area (Å²) in [7, 11) is -3.43. The molecule has 0 saturated carbocycles. The van der Waals surface area contributed by atoms with Crippen LogP contribution in [0, 0.1) is 5.92 Å². The average molecular weight is 441 g/mol. The van der Waals surface area contributed by atoms with Crippen LogP contribution in [0.5, 0.6) is 0 Å². The molecular formula is C23H28N4O3S. The van der Waals surface area contributed by atoms with Crippen molar-refractivity contribution in [2.24, 2.45) is 5.92 Å². The summed E-state index contributed by atoms with van der Waals surface area (Å²) in [5.74, 6) is 0.697. The van der Waals surface area contributed by atoms with Gasteiger partial charge in [0.15, 0.2) is 5.78 Å². The predicted octanol–water partition coefficient (Wildman–Crippen LogP) is 4.19. The van der Waals surface area contributed by atoms with Crippen LogP contribution in [0.3, 0.4) is 0 Å². The standard InChI is InChI=1S/C23H28N4O3S/c28-23(22-15-19-16-25-12-8-21(19)26-22)7-3-1-2-5-18-9-13-27(14-10-18)31(29,30)20-6-4-11-24-17-20/h4,6,8,11-12,15-18,26H,1-3,5,7,9-10,13-14H2. The topological polar surface area (TPSA) is 96.0 Å². The lowest BCUT2D eigenvalue weighted by Crippen LogP contribution is -2.38. The highest BCUT2D eigenvalue weighted by Gasteiger charge is 2.29. The minimum Gasteiger partial charge on any atom is -0.352 e. The van der Waals surface area contributed by atoms with Crippen LogP contribution in [-0.2, 0) is 10.0 Å². The quantitative estimate of drug-likeness (QED) is 0.397. The summed E-state index contributed by atoms with van der Waals surface area (Å²) in [6.07, 6.45) is 12.8. The van der Waals surface area contributed by atoms with Crippen molar-refractivity contribution in [2.45, 2.75) is 49.8 Å². The van der Waals surface area contributed by atoms with E-state index in [0.717, 1.165) is 49.4 Å². The minimum absolute atomic E-state index is 0.144. The van der Waals surface area contributed by atoms with Gasteiger partial charge in [0, 0.05) is 55.2 Å². The third kappa shape index (κ3) is 5.19. The number of Topliss-reactive ketones (excluding diaryl/α,β-unsaturated/α-hetero) is 1. The van der Waals surface area contributed by atoms with Crippen LogP contribution in [0.4, 0.5) is 0 Å². The van der Waals surface area contributed by atoms with E-state index in [9.17, 15) is 13.2 Å². The number of nitrogens with one attached hydrogen (secondary N) is 1. The number of sulfonamides is 1. The van der Waals surface area contributed by atoms with Gasteiger partial charge in [-0.05, 0) is 49.4 Å². The molecule has 3 aromatic rings. The number of fused-ring (bicyclic) bond motifs is 1. The van der Waals surface area contributed by atoms with E-state index in [-0.39, 0.29) is 10.7 Å². The Kier molecular flexibility index (Phi) is 6.77. The Hall–Kier alpha value is -2.58. The highest BCUT2D eigenvalue weighted by atomic mass is 32.2. The van der Waals surface area contributed by atoms with Crippen LogP contribution in [0.1, 0.15) is 55.4 Å². The summed E-state index contributed by atoms with van der Waals surface area (Å²) < 4.78 is 26.9. The highest BCUT2D eigenvalue weighted by molar-refractivity contribution is 7.89. The lowest BCUT2D eigenvalue weighted by atomic mass is 9.92. The molecule has 7 nitrogen and oxygen atoms in total. The lowest BCUT2D eigenvalue weighted by molar-refractivity contribution is 0.0975. The van der Waals surface area contributed by atoms with Crippen molar-refractivity contribution in [1.29, 1.82) is 0 Å². The number of aromatic nitrogens is 3. The zero-order valence-corrected chi connectivity index (χ0v) is 18.4. The Morgan fingerprint density at radius 2 is 1.87 bits per heavy atom. The van der Waals surface area contributed by atoms with E-state index in [0.29, 0.717) is 31.1 Å². The van der Waals surface area contributed by atoms with Gasteiger partial charge in [0.2, 0.25) is 10.0 Å². The van der Waals surface area contributed by atoms with Gasteiger partial charge in [-0.25, -0.2) is 8.42 Å². The first-order chi connectivity index (χ1) is 15.0. The molecule has 1 aliphatic heterocycles. The van der Waals surface area contributed by atoms with Crippen molar-refractivity contribution in [3.63, 3.8) is 0 Å². The van der Waals surface area contributed by atoms with Crippen molar-refractivity contribution >= 4 is 26.7 Å². The maximum Gasteiger partial charge on any atom is 0.244 e. The molecule has 0 aromatic carbocycles. The van der Waals surface area contributed by atoms with Crippen LogP contribution < -0.4 is 0 Å². The predicted molar refractivity (Wildman–Crippen MR) is 119 cm³/mol. The number of H-pyrrole nitrogens is 1. The molecule has 0 atom stereocenters. The van der Waals surface area contributed by atoms with Crippen LogP contribution in [-0.4, -0.2) is 46.5 Å². The molecule has 0 unspecified atom stereocenters. The van der Waals surface area contributed by atoms with Gasteiger partial charge >= 0.3 is 0 Å². The molecule has 31 heavy (non-hydrogen) atoms. The van der Waals surface area contributed by atoms with E-state index in [1.807, 2.05) is 12.1 Å². The van der Waals surface area contributed by atoms with Gasteiger partial charge in [0.1, 0.15) is 4.90 Å². The molecule has 0 radical (unpaired) electrons. The zero-order valence-electron chi connectivity index (χ0n) is 17.5. The van der Waals surface area contributed by atoms with Crippen molar-refractivity contribution in [1.82, 2.24) is 19.3 Å². The molecule has 1 aliphatic rings. The van der Waals surface area contributed by atoms with Gasteiger partial charge in [0.05, 0.1) is 5.69 Å². The summed E-state index contributed by atoms with van der Waals surface area (Å²) in [5.41, 5.74) is 1.60. The number of hydrogen-bond acceptors (Lipinski definition) is 5. The number of pyridine rings is 2. The molecule has 8 heteroatoms. The van der Waals surface area contributed by atoms with E-state index in [2.05, 4.69) is 15.0 Å². The number of ketones is 1. The van der Waals surface area contributed by atoms with Crippen molar-refractivity contribution < 1.29 is 13.2 Å². The molecule has 3 aromatic heterocycles. The van der Waals surface area contributed by atoms with Gasteiger partial charge in [-0.1, -0.05) is 19.3 Å². The maximum absolute atomic E-state index is 12.7. The van der Waals surface area contributed by atoms with Crippen molar-refractivity contribution in [3.05, 3.63) is 54.7 Å². The number of piperidine rings is 1. The summed E-state index contributed by atoms with van der Waals surface area (Å²) in [6.45, 7) is 1.13. The van der Waals surface area contributed by atoms with Crippen LogP contribution in [0.15, 0.2) is 53.9 Å². The van der Waals surface area contributed by atoms with Gasteiger partial charge in [0.25, 0.3) is 0 Å². The van der Waals surface area contributed by atoms with Crippen molar-refractivity contribution in [2.75, 3.05) is 13.1 Å². The van der Waals surface area contributed by atoms with Crippen LogP contribution in [0.2, 0.25) is 0 Å². The normalized spacial score (nSPS) is 16.0. The molecule has 4 heterocycles. The highest BCUT2D eigenvalue weighted by Crippen LogP contribution is 2.27. The first-order valence-corrected chi connectivity index (χ1v) is 12.3. The Labute approximate surface area is 183 Å². The molecule has 0 bridgehead atoms. The third-order valence-corrected chi connectivity index (χ3v) is 7.97. The fourth-order valence-electron chi connectivity index (χ4n) is 4.24. The smallest absolute Gasteiger partial charge is 0.244 e. The fraction of sp³-hybridized carbons (Fsp3) is 0.435. The molecule has 1 N–H and O–H groups in total. The number of aromatic amines is 1. The molecule has 4 rings (SSSR count). The molecule has 1 saturated heterocycles. The first kappa shape index (κ1) is 21.6. The van der Waals surface area contributed by atoms with Crippen LogP contribution in [0.25, 0.3) is 10.9 Å². The Bertz CT molecular complexity index is 1090. The molecular weight excluding hydrogens is 412 g/mol. The second-order valence-electron chi connectivity index (χ2n) is 8.20. The number of rotatable bonds is 9. The van der Waals surface area contributed by atoms with E-state index in [1.54, 1.807) is 35.0 Å². The summed E-state index contributed by atoms with van der Waals surface area (Å²) in [4.78, 5) is 23.9. The van der Waals surface area contributed by atoms with E-state index >= 15 is 0 Å². The average Bonchev–Trinajstić information content (AvgIpc) is 3.24. The molecule has 0 spiro atoms. The Morgan fingerprint density at radius 3 is 2.61 bits per heavy atom. The lowest BCUT2D eigenvalue weighted by Gasteiger charge is -2.31. The number of nitrogens with zero attached hydrogens (tertiary/aromatic N) is 3. The maximum atomic E-state index is 12.7. The molecule has 164 valence electrons. The Morgan fingerprint density at radius 1 is 1.06 bits per heavy atom. The van der Waals surface area contributed by atoms with Gasteiger partial charge in [-0.15, -0.1) is 0 Å². The molecule has 0 amide bonds. The van der Waals surface area contributed by atoms with Crippen LogP contribution >= 0.6 is 0 Å². The monoisotopic (exact) mass is 440 g/mol.